The van der Waals surface area contributed by atoms with Gasteiger partial charge in [-0.25, -0.2) is 0 Å². The molecule has 0 aliphatic carbocycles. The van der Waals surface area contributed by atoms with Gasteiger partial charge in [-0.2, -0.15) is 0 Å². The van der Waals surface area contributed by atoms with Crippen molar-refractivity contribution >= 4 is 11.0 Å². The summed E-state index contributed by atoms with van der Waals surface area (Å²) in [6.07, 6.45) is 1.89. The highest BCUT2D eigenvalue weighted by atomic mass is 16.3. The summed E-state index contributed by atoms with van der Waals surface area (Å²) in [4.78, 5) is 0. The summed E-state index contributed by atoms with van der Waals surface area (Å²) in [6.45, 7) is 16.3. The molecule has 2 aromatic rings. The number of hydrogen-bond donors (Lipinski definition) is 1. The van der Waals surface area contributed by atoms with Crippen LogP contribution in [0.4, 0.5) is 0 Å². The molecule has 0 radical (unpaired) electrons. The minimum absolute atomic E-state index is 0.111. The first-order chi connectivity index (χ1) is 9.08. The Morgan fingerprint density at radius 3 is 2.25 bits per heavy atom. The molecule has 1 heterocycles. The van der Waals surface area contributed by atoms with Crippen molar-refractivity contribution < 1.29 is 4.42 Å². The number of furan rings is 1. The largest absolute Gasteiger partial charge is 0.464 e. The minimum Gasteiger partial charge on any atom is -0.464 e. The Morgan fingerprint density at radius 2 is 1.70 bits per heavy atom. The standard InChI is InChI=1S/C18H27NO/c1-12-8-14(17(2,3)4)9-15-13(11-20-16(12)15)10-19-18(5,6)7/h8-9,11,19H,10H2,1-7H3. The molecule has 0 saturated heterocycles. The zero-order chi connectivity index (χ0) is 15.1. The van der Waals surface area contributed by atoms with Gasteiger partial charge >= 0.3 is 0 Å². The molecule has 0 amide bonds. The molecule has 0 aliphatic heterocycles. The number of nitrogens with one attached hydrogen (secondary N) is 1. The Kier molecular flexibility index (Phi) is 3.72. The minimum atomic E-state index is 0.111. The normalized spacial score (nSPS) is 13.2. The number of fused-ring (bicyclic) bond motifs is 1. The number of benzene rings is 1. The van der Waals surface area contributed by atoms with Crippen LogP contribution in [0.5, 0.6) is 0 Å². The zero-order valence-electron chi connectivity index (χ0n) is 13.8. The monoisotopic (exact) mass is 273 g/mol. The van der Waals surface area contributed by atoms with Crippen LogP contribution in [0, 0.1) is 6.92 Å². The van der Waals surface area contributed by atoms with E-state index in [0.29, 0.717) is 0 Å². The molecule has 20 heavy (non-hydrogen) atoms. The second-order valence-electron chi connectivity index (χ2n) is 7.78. The first-order valence-corrected chi connectivity index (χ1v) is 7.34. The van der Waals surface area contributed by atoms with Crippen LogP contribution in [0.3, 0.4) is 0 Å². The Bertz CT molecular complexity index is 609. The average Bonchev–Trinajstić information content (AvgIpc) is 2.67. The van der Waals surface area contributed by atoms with Crippen LogP contribution < -0.4 is 5.32 Å². The SMILES string of the molecule is Cc1cc(C(C)(C)C)cc2c(CNC(C)(C)C)coc12. The summed E-state index contributed by atoms with van der Waals surface area (Å²) < 4.78 is 5.77. The van der Waals surface area contributed by atoms with E-state index in [1.807, 2.05) is 6.26 Å². The van der Waals surface area contributed by atoms with E-state index in [2.05, 4.69) is 65.9 Å². The van der Waals surface area contributed by atoms with Crippen molar-refractivity contribution in [3.63, 3.8) is 0 Å². The van der Waals surface area contributed by atoms with Crippen LogP contribution in [0.2, 0.25) is 0 Å². The highest BCUT2D eigenvalue weighted by Crippen LogP contribution is 2.31. The molecule has 0 aliphatic rings. The van der Waals surface area contributed by atoms with Crippen molar-refractivity contribution in [1.29, 1.82) is 0 Å². The van der Waals surface area contributed by atoms with E-state index in [9.17, 15) is 0 Å². The lowest BCUT2D eigenvalue weighted by atomic mass is 9.85. The Labute approximate surface area is 122 Å². The van der Waals surface area contributed by atoms with Crippen LogP contribution in [0.25, 0.3) is 11.0 Å². The van der Waals surface area contributed by atoms with Crippen LogP contribution >= 0.6 is 0 Å². The summed E-state index contributed by atoms with van der Waals surface area (Å²) in [5.41, 5.74) is 5.11. The molecule has 0 bridgehead atoms. The lowest BCUT2D eigenvalue weighted by Gasteiger charge is -2.21. The van der Waals surface area contributed by atoms with Crippen LogP contribution in [-0.4, -0.2) is 5.54 Å². The van der Waals surface area contributed by atoms with Gasteiger partial charge in [-0.1, -0.05) is 26.8 Å². The predicted octanol–water partition coefficient (Wildman–Crippen LogP) is 4.93. The van der Waals surface area contributed by atoms with Crippen molar-refractivity contribution in [2.75, 3.05) is 0 Å². The molecule has 0 atom stereocenters. The van der Waals surface area contributed by atoms with Gasteiger partial charge in [0, 0.05) is 23.0 Å². The Balaban J connectivity index is 2.45. The van der Waals surface area contributed by atoms with Crippen molar-refractivity contribution in [3.05, 3.63) is 35.1 Å². The van der Waals surface area contributed by atoms with Crippen molar-refractivity contribution in [1.82, 2.24) is 5.32 Å². The van der Waals surface area contributed by atoms with Gasteiger partial charge in [0.15, 0.2) is 0 Å². The molecule has 2 rings (SSSR count). The summed E-state index contributed by atoms with van der Waals surface area (Å²) in [6, 6.07) is 4.53. The molecule has 0 saturated carbocycles. The van der Waals surface area contributed by atoms with E-state index in [4.69, 9.17) is 4.42 Å². The van der Waals surface area contributed by atoms with E-state index < -0.39 is 0 Å². The lowest BCUT2D eigenvalue weighted by molar-refractivity contribution is 0.423. The van der Waals surface area contributed by atoms with Gasteiger partial charge in [-0.3, -0.25) is 0 Å². The second kappa shape index (κ2) is 4.92. The van der Waals surface area contributed by atoms with Crippen molar-refractivity contribution in [2.45, 2.75) is 66.0 Å². The number of aryl methyl sites for hydroxylation is 1. The molecule has 0 unspecified atom stereocenters. The molecule has 110 valence electrons. The van der Waals surface area contributed by atoms with Crippen LogP contribution in [0.15, 0.2) is 22.8 Å². The Morgan fingerprint density at radius 1 is 1.05 bits per heavy atom. The highest BCUT2D eigenvalue weighted by molar-refractivity contribution is 5.84. The van der Waals surface area contributed by atoms with Crippen LogP contribution in [0.1, 0.15) is 58.2 Å². The molecular formula is C18H27NO. The van der Waals surface area contributed by atoms with Gasteiger partial charge in [-0.05, 0) is 50.3 Å². The van der Waals surface area contributed by atoms with Gasteiger partial charge in [0.2, 0.25) is 0 Å². The molecule has 1 aromatic heterocycles. The third kappa shape index (κ3) is 3.24. The van der Waals surface area contributed by atoms with E-state index in [0.717, 1.165) is 12.1 Å². The topological polar surface area (TPSA) is 25.2 Å². The molecule has 1 aromatic carbocycles. The first kappa shape index (κ1) is 15.1. The molecule has 2 heteroatoms. The molecule has 0 fully saturated rings. The van der Waals surface area contributed by atoms with Gasteiger partial charge in [0.1, 0.15) is 5.58 Å². The smallest absolute Gasteiger partial charge is 0.137 e. The fraction of sp³-hybridized carbons (Fsp3) is 0.556. The molecule has 1 N–H and O–H groups in total. The number of rotatable bonds is 2. The summed E-state index contributed by atoms with van der Waals surface area (Å²) in [5.74, 6) is 0. The fourth-order valence-electron chi connectivity index (χ4n) is 2.29. The van der Waals surface area contributed by atoms with Gasteiger partial charge in [-0.15, -0.1) is 0 Å². The number of hydrogen-bond acceptors (Lipinski definition) is 2. The van der Waals surface area contributed by atoms with Gasteiger partial charge < -0.3 is 9.73 Å². The Hall–Kier alpha value is -1.28. The van der Waals surface area contributed by atoms with Crippen molar-refractivity contribution in [3.8, 4) is 0 Å². The summed E-state index contributed by atoms with van der Waals surface area (Å²) >= 11 is 0. The summed E-state index contributed by atoms with van der Waals surface area (Å²) in [5, 5.41) is 4.78. The zero-order valence-corrected chi connectivity index (χ0v) is 13.8. The lowest BCUT2D eigenvalue weighted by Crippen LogP contribution is -2.34. The van der Waals surface area contributed by atoms with E-state index in [-0.39, 0.29) is 11.0 Å². The van der Waals surface area contributed by atoms with Gasteiger partial charge in [0.25, 0.3) is 0 Å². The maximum absolute atomic E-state index is 5.77. The first-order valence-electron chi connectivity index (χ1n) is 7.34. The predicted molar refractivity (Wildman–Crippen MR) is 86.2 cm³/mol. The maximum Gasteiger partial charge on any atom is 0.137 e. The van der Waals surface area contributed by atoms with Crippen molar-refractivity contribution in [2.24, 2.45) is 0 Å². The fourth-order valence-corrected chi connectivity index (χ4v) is 2.29. The average molecular weight is 273 g/mol. The second-order valence-corrected chi connectivity index (χ2v) is 7.78. The summed E-state index contributed by atoms with van der Waals surface area (Å²) in [7, 11) is 0. The molecule has 0 spiro atoms. The van der Waals surface area contributed by atoms with Gasteiger partial charge in [0.05, 0.1) is 6.26 Å². The molecule has 2 nitrogen and oxygen atoms in total. The van der Waals surface area contributed by atoms with E-state index >= 15 is 0 Å². The molecular weight excluding hydrogens is 246 g/mol. The van der Waals surface area contributed by atoms with E-state index in [1.165, 1.54) is 22.1 Å². The highest BCUT2D eigenvalue weighted by Gasteiger charge is 2.18. The third-order valence-electron chi connectivity index (χ3n) is 3.61. The van der Waals surface area contributed by atoms with Crippen LogP contribution in [-0.2, 0) is 12.0 Å². The third-order valence-corrected chi connectivity index (χ3v) is 3.61. The maximum atomic E-state index is 5.77. The quantitative estimate of drug-likeness (QED) is 0.839. The van der Waals surface area contributed by atoms with E-state index in [1.54, 1.807) is 0 Å².